The monoisotopic (exact) mass is 824 g/mol. The summed E-state index contributed by atoms with van der Waals surface area (Å²) in [5.41, 5.74) is 15.7. The van der Waals surface area contributed by atoms with Gasteiger partial charge in [0.05, 0.1) is 26.7 Å². The highest BCUT2D eigenvalue weighted by atomic mass is 79.9. The summed E-state index contributed by atoms with van der Waals surface area (Å²) in [6.07, 6.45) is 7.32. The molecule has 1 saturated heterocycles. The fourth-order valence-corrected chi connectivity index (χ4v) is 7.29. The van der Waals surface area contributed by atoms with Gasteiger partial charge in [-0.3, -0.25) is 9.59 Å². The fourth-order valence-electron chi connectivity index (χ4n) is 6.99. The lowest BCUT2D eigenvalue weighted by atomic mass is 9.80. The second-order valence-electron chi connectivity index (χ2n) is 15.7. The molecule has 0 bridgehead atoms. The number of hydrogen-bond acceptors (Lipinski definition) is 8. The van der Waals surface area contributed by atoms with Crippen molar-refractivity contribution in [3.63, 3.8) is 0 Å². The molecular weight excluding hydrogens is 781 g/mol. The van der Waals surface area contributed by atoms with E-state index < -0.39 is 0 Å². The first-order valence-electron chi connectivity index (χ1n) is 18.6. The van der Waals surface area contributed by atoms with Gasteiger partial charge in [0.1, 0.15) is 23.3 Å². The number of pyridine rings is 4. The minimum Gasteiger partial charge on any atom is -0.399 e. The van der Waals surface area contributed by atoms with Gasteiger partial charge in [0.25, 0.3) is 11.1 Å². The smallest absolute Gasteiger partial charge is 0.399 e. The Morgan fingerprint density at radius 3 is 1.66 bits per heavy atom. The molecule has 9 rings (SSSR count). The number of nitrogens with two attached hydrogens (primary N) is 2. The Labute approximate surface area is 332 Å². The van der Waals surface area contributed by atoms with Crippen LogP contribution in [0.4, 0.5) is 20.4 Å². The Bertz CT molecular complexity index is 2570. The molecule has 2 saturated carbocycles. The second kappa shape index (κ2) is 14.9. The van der Waals surface area contributed by atoms with Crippen molar-refractivity contribution in [3.05, 3.63) is 121 Å². The number of nitrogen functional groups attached to an aromatic ring is 2. The van der Waals surface area contributed by atoms with Crippen LogP contribution in [0.3, 0.4) is 0 Å². The van der Waals surface area contributed by atoms with Crippen LogP contribution >= 0.6 is 15.9 Å². The minimum absolute atomic E-state index is 0.00149. The van der Waals surface area contributed by atoms with Gasteiger partial charge in [-0.1, -0.05) is 6.07 Å². The van der Waals surface area contributed by atoms with Crippen LogP contribution in [0.2, 0.25) is 0 Å². The van der Waals surface area contributed by atoms with E-state index in [1.165, 1.54) is 24.3 Å². The maximum atomic E-state index is 14.7. The predicted octanol–water partition coefficient (Wildman–Crippen LogP) is 7.94. The maximum Gasteiger partial charge on any atom is 0.496 e. The Balaban J connectivity index is 0.000000132. The summed E-state index contributed by atoms with van der Waals surface area (Å²) in [6.45, 7) is 11.8. The first-order chi connectivity index (χ1) is 26.5. The molecule has 10 nitrogen and oxygen atoms in total. The number of aryl methyl sites for hydroxylation is 2. The quantitative estimate of drug-likeness (QED) is 0.171. The van der Waals surface area contributed by atoms with E-state index in [0.717, 1.165) is 64.1 Å². The summed E-state index contributed by atoms with van der Waals surface area (Å²) < 4.78 is 44.1. The third-order valence-corrected chi connectivity index (χ3v) is 11.9. The molecule has 14 heteroatoms. The van der Waals surface area contributed by atoms with E-state index >= 15 is 0 Å². The van der Waals surface area contributed by atoms with E-state index in [-0.39, 0.29) is 47.1 Å². The third kappa shape index (κ3) is 7.61. The highest BCUT2D eigenvalue weighted by Crippen LogP contribution is 2.40. The van der Waals surface area contributed by atoms with Gasteiger partial charge < -0.3 is 29.9 Å². The molecule has 6 aromatic rings. The first kappa shape index (κ1) is 39.3. The Morgan fingerprint density at radius 2 is 1.20 bits per heavy atom. The SMILES string of the molecule is CC1(C)OB(c2ccc(N)nc2)OC1(C)C.Cc1c(-c2ccc(N)nc2)c(F)cc2ccc(=O)n(C3CC3)c12.Cc1c(Br)c(F)cc2ccc(=O)n(C3CC3)c12. The van der Waals surface area contributed by atoms with Gasteiger partial charge in [0.15, 0.2) is 0 Å². The van der Waals surface area contributed by atoms with Crippen LogP contribution in [-0.4, -0.2) is 37.4 Å². The second-order valence-corrected chi connectivity index (χ2v) is 16.4. The zero-order chi connectivity index (χ0) is 40.3. The molecule has 0 amide bonds. The van der Waals surface area contributed by atoms with E-state index in [0.29, 0.717) is 33.3 Å². The van der Waals surface area contributed by atoms with Gasteiger partial charge in [-0.15, -0.1) is 0 Å². The standard InChI is InChI=1S/C18H16FN3O.C13H11BrFNO.C11H17BN2O2/c1-10-17(12-2-6-15(20)21-9-12)14(19)8-11-3-7-16(23)22(18(10)11)13-4-5-13;1-7-12(14)10(15)6-8-2-5-11(17)16(13(7)8)9-3-4-9;1-10(2)11(3,4)16-12(15-10)8-5-6-9(13)14-7-8/h2-3,6-9,13H,4-5H2,1H3,(H2,20,21);2,5-6,9H,3-4H2,1H3;5-7H,1-4H3,(H2,13,14). The summed E-state index contributed by atoms with van der Waals surface area (Å²) in [7, 11) is -0.363. The molecule has 2 aromatic carbocycles. The van der Waals surface area contributed by atoms with E-state index in [2.05, 4.69) is 25.9 Å². The molecule has 5 heterocycles. The van der Waals surface area contributed by atoms with Crippen LogP contribution in [0, 0.1) is 25.5 Å². The zero-order valence-electron chi connectivity index (χ0n) is 32.2. The van der Waals surface area contributed by atoms with Gasteiger partial charge in [-0.25, -0.2) is 18.7 Å². The molecule has 1 aliphatic heterocycles. The normalized spacial score (nSPS) is 17.0. The van der Waals surface area contributed by atoms with Crippen molar-refractivity contribution in [1.82, 2.24) is 19.1 Å². The number of benzene rings is 2. The molecule has 2 aliphatic carbocycles. The van der Waals surface area contributed by atoms with Gasteiger partial charge in [-0.2, -0.15) is 0 Å². The summed E-state index contributed by atoms with van der Waals surface area (Å²) in [4.78, 5) is 32.3. The average Bonchev–Trinajstić information content (AvgIpc) is 4.08. The molecule has 4 aromatic heterocycles. The van der Waals surface area contributed by atoms with Crippen LogP contribution in [0.15, 0.2) is 87.1 Å². The lowest BCUT2D eigenvalue weighted by Gasteiger charge is -2.32. The summed E-state index contributed by atoms with van der Waals surface area (Å²) >= 11 is 3.24. The van der Waals surface area contributed by atoms with Crippen LogP contribution in [-0.2, 0) is 9.31 Å². The van der Waals surface area contributed by atoms with Crippen molar-refractivity contribution in [2.75, 3.05) is 11.5 Å². The van der Waals surface area contributed by atoms with E-state index in [1.807, 2.05) is 47.6 Å². The van der Waals surface area contributed by atoms with E-state index in [4.69, 9.17) is 20.8 Å². The van der Waals surface area contributed by atoms with Crippen LogP contribution in [0.5, 0.6) is 0 Å². The van der Waals surface area contributed by atoms with Crippen molar-refractivity contribution in [2.45, 2.75) is 90.5 Å². The van der Waals surface area contributed by atoms with Crippen molar-refractivity contribution in [3.8, 4) is 11.1 Å². The molecule has 0 radical (unpaired) electrons. The Morgan fingerprint density at radius 1 is 0.714 bits per heavy atom. The lowest BCUT2D eigenvalue weighted by molar-refractivity contribution is 0.00578. The fraction of sp³-hybridized carbons (Fsp3) is 0.333. The molecular formula is C42H44BBrF2N6O4. The van der Waals surface area contributed by atoms with E-state index in [9.17, 15) is 18.4 Å². The van der Waals surface area contributed by atoms with Gasteiger partial charge in [-0.05, 0) is 137 Å². The summed E-state index contributed by atoms with van der Waals surface area (Å²) in [6, 6.07) is 16.9. The minimum atomic E-state index is -0.363. The maximum absolute atomic E-state index is 14.7. The molecule has 4 N–H and O–H groups in total. The molecule has 3 aliphatic rings. The van der Waals surface area contributed by atoms with Crippen molar-refractivity contribution >= 4 is 62.0 Å². The number of hydrogen-bond donors (Lipinski definition) is 2. The van der Waals surface area contributed by atoms with Gasteiger partial charge in [0, 0.05) is 64.0 Å². The van der Waals surface area contributed by atoms with Crippen LogP contribution in [0.25, 0.3) is 32.9 Å². The van der Waals surface area contributed by atoms with Gasteiger partial charge in [0.2, 0.25) is 0 Å². The number of halogens is 3. The third-order valence-electron chi connectivity index (χ3n) is 11.0. The first-order valence-corrected chi connectivity index (χ1v) is 19.4. The van der Waals surface area contributed by atoms with Crippen LogP contribution < -0.4 is 28.0 Å². The van der Waals surface area contributed by atoms with Crippen molar-refractivity contribution < 1.29 is 18.1 Å². The largest absolute Gasteiger partial charge is 0.496 e. The van der Waals surface area contributed by atoms with Crippen molar-refractivity contribution in [2.24, 2.45) is 0 Å². The molecule has 3 fully saturated rings. The van der Waals surface area contributed by atoms with Gasteiger partial charge >= 0.3 is 7.12 Å². The van der Waals surface area contributed by atoms with Crippen LogP contribution in [0.1, 0.15) is 76.6 Å². The molecule has 56 heavy (non-hydrogen) atoms. The lowest BCUT2D eigenvalue weighted by Crippen LogP contribution is -2.41. The molecule has 0 unspecified atom stereocenters. The highest BCUT2D eigenvalue weighted by molar-refractivity contribution is 9.10. The Hall–Kier alpha value is -4.92. The number of anilines is 2. The predicted molar refractivity (Wildman–Crippen MR) is 222 cm³/mol. The molecule has 0 spiro atoms. The summed E-state index contributed by atoms with van der Waals surface area (Å²) in [5.74, 6) is 0.293. The van der Waals surface area contributed by atoms with E-state index in [1.54, 1.807) is 51.9 Å². The average molecular weight is 826 g/mol. The molecule has 0 atom stereocenters. The Kier molecular flexibility index (Phi) is 10.4. The number of aromatic nitrogens is 4. The van der Waals surface area contributed by atoms with Crippen molar-refractivity contribution in [1.29, 1.82) is 0 Å². The zero-order valence-corrected chi connectivity index (χ0v) is 33.8. The summed E-state index contributed by atoms with van der Waals surface area (Å²) in [5, 5.41) is 1.54. The number of rotatable bonds is 4. The molecule has 290 valence electrons. The number of fused-ring (bicyclic) bond motifs is 2. The highest BCUT2D eigenvalue weighted by Gasteiger charge is 2.51. The topological polar surface area (TPSA) is 140 Å². The number of nitrogens with zero attached hydrogens (tertiary/aromatic N) is 4.